The van der Waals surface area contributed by atoms with E-state index in [1.54, 1.807) is 24.2 Å². The second-order valence-corrected chi connectivity index (χ2v) is 6.91. The Morgan fingerprint density at radius 1 is 1.28 bits per heavy atom. The highest BCUT2D eigenvalue weighted by Crippen LogP contribution is 2.21. The van der Waals surface area contributed by atoms with Crippen molar-refractivity contribution >= 4 is 35.1 Å². The molecule has 3 rings (SSSR count). The van der Waals surface area contributed by atoms with Gasteiger partial charge in [-0.15, -0.1) is 0 Å². The Morgan fingerprint density at radius 3 is 2.60 bits per heavy atom. The molecule has 134 valence electrons. The minimum Gasteiger partial charge on any atom is -0.367 e. The standard InChI is InChI=1S/C16H20ClN5O3/c1-16(14(24)19-15(25)20-16)3-2-13(23)22-6-4-21(5-7-22)12-8-11(17)9-18-10-12/h8-10H,2-7H2,1H3,(H2,19,20,24,25). The number of piperazine rings is 1. The lowest BCUT2D eigenvalue weighted by molar-refractivity contribution is -0.132. The fraction of sp³-hybridized carbons (Fsp3) is 0.500. The normalized spacial score (nSPS) is 23.4. The lowest BCUT2D eigenvalue weighted by atomic mass is 9.96. The molecule has 8 nitrogen and oxygen atoms in total. The molecule has 25 heavy (non-hydrogen) atoms. The van der Waals surface area contributed by atoms with Gasteiger partial charge in [-0.3, -0.25) is 19.9 Å². The summed E-state index contributed by atoms with van der Waals surface area (Å²) in [5.74, 6) is -0.400. The number of carbonyl (C=O) groups excluding carboxylic acids is 3. The number of imide groups is 1. The summed E-state index contributed by atoms with van der Waals surface area (Å²) in [5, 5.41) is 5.36. The van der Waals surface area contributed by atoms with Gasteiger partial charge in [0.25, 0.3) is 5.91 Å². The van der Waals surface area contributed by atoms with E-state index in [2.05, 4.69) is 20.5 Å². The predicted molar refractivity (Wildman–Crippen MR) is 92.4 cm³/mol. The Labute approximate surface area is 150 Å². The largest absolute Gasteiger partial charge is 0.367 e. The first kappa shape index (κ1) is 17.5. The minimum absolute atomic E-state index is 0.0148. The Bertz CT molecular complexity index is 705. The van der Waals surface area contributed by atoms with E-state index < -0.39 is 11.6 Å². The van der Waals surface area contributed by atoms with Crippen LogP contribution in [0.15, 0.2) is 18.5 Å². The van der Waals surface area contributed by atoms with Gasteiger partial charge in [-0.25, -0.2) is 4.79 Å². The second kappa shape index (κ2) is 6.87. The number of anilines is 1. The van der Waals surface area contributed by atoms with Crippen molar-refractivity contribution in [2.24, 2.45) is 0 Å². The summed E-state index contributed by atoms with van der Waals surface area (Å²) in [6, 6.07) is 1.34. The lowest BCUT2D eigenvalue weighted by Gasteiger charge is -2.36. The van der Waals surface area contributed by atoms with Gasteiger partial charge in [0.15, 0.2) is 0 Å². The molecule has 1 aromatic rings. The van der Waals surface area contributed by atoms with Crippen LogP contribution in [0, 0.1) is 0 Å². The van der Waals surface area contributed by atoms with Crippen LogP contribution in [0.2, 0.25) is 5.02 Å². The molecule has 1 unspecified atom stereocenters. The van der Waals surface area contributed by atoms with Crippen LogP contribution in [0.4, 0.5) is 10.5 Å². The Hall–Kier alpha value is -2.35. The fourth-order valence-corrected chi connectivity index (χ4v) is 3.23. The van der Waals surface area contributed by atoms with Crippen LogP contribution in [0.5, 0.6) is 0 Å². The molecular formula is C16H20ClN5O3. The number of amides is 4. The van der Waals surface area contributed by atoms with E-state index in [-0.39, 0.29) is 24.7 Å². The van der Waals surface area contributed by atoms with Crippen LogP contribution in [0.25, 0.3) is 0 Å². The third-order valence-electron chi connectivity index (χ3n) is 4.64. The lowest BCUT2D eigenvalue weighted by Crippen LogP contribution is -2.50. The molecule has 0 aromatic carbocycles. The topological polar surface area (TPSA) is 94.6 Å². The van der Waals surface area contributed by atoms with E-state index in [0.717, 1.165) is 5.69 Å². The van der Waals surface area contributed by atoms with Crippen LogP contribution in [-0.2, 0) is 9.59 Å². The van der Waals surface area contributed by atoms with Gasteiger partial charge in [-0.1, -0.05) is 11.6 Å². The third kappa shape index (κ3) is 3.84. The Kier molecular flexibility index (Phi) is 4.80. The van der Waals surface area contributed by atoms with Crippen LogP contribution >= 0.6 is 11.6 Å². The highest BCUT2D eigenvalue weighted by atomic mass is 35.5. The van der Waals surface area contributed by atoms with Gasteiger partial charge >= 0.3 is 6.03 Å². The monoisotopic (exact) mass is 365 g/mol. The summed E-state index contributed by atoms with van der Waals surface area (Å²) in [5.41, 5.74) is -0.0708. The molecule has 0 bridgehead atoms. The molecule has 4 amide bonds. The molecule has 2 N–H and O–H groups in total. The molecule has 3 heterocycles. The smallest absolute Gasteiger partial charge is 0.322 e. The molecule has 2 saturated heterocycles. The molecule has 2 fully saturated rings. The summed E-state index contributed by atoms with van der Waals surface area (Å²) < 4.78 is 0. The number of halogens is 1. The first-order valence-electron chi connectivity index (χ1n) is 8.14. The second-order valence-electron chi connectivity index (χ2n) is 6.47. The van der Waals surface area contributed by atoms with Gasteiger partial charge in [0.1, 0.15) is 5.54 Å². The van der Waals surface area contributed by atoms with Gasteiger partial charge in [-0.2, -0.15) is 0 Å². The molecule has 9 heteroatoms. The van der Waals surface area contributed by atoms with Crippen LogP contribution in [0.3, 0.4) is 0 Å². The van der Waals surface area contributed by atoms with E-state index >= 15 is 0 Å². The first-order valence-corrected chi connectivity index (χ1v) is 8.52. The number of pyridine rings is 1. The zero-order valence-corrected chi connectivity index (χ0v) is 14.7. The molecule has 0 radical (unpaired) electrons. The maximum Gasteiger partial charge on any atom is 0.322 e. The molecular weight excluding hydrogens is 346 g/mol. The van der Waals surface area contributed by atoms with Crippen molar-refractivity contribution in [1.29, 1.82) is 0 Å². The minimum atomic E-state index is -1.01. The highest BCUT2D eigenvalue weighted by Gasteiger charge is 2.42. The zero-order valence-electron chi connectivity index (χ0n) is 13.9. The maximum absolute atomic E-state index is 12.4. The number of hydrogen-bond donors (Lipinski definition) is 2. The van der Waals surface area contributed by atoms with Gasteiger partial charge in [-0.05, 0) is 19.4 Å². The quantitative estimate of drug-likeness (QED) is 0.768. The van der Waals surface area contributed by atoms with E-state index in [1.165, 1.54) is 0 Å². The van der Waals surface area contributed by atoms with Gasteiger partial charge in [0, 0.05) is 38.8 Å². The van der Waals surface area contributed by atoms with Gasteiger partial charge < -0.3 is 15.1 Å². The zero-order chi connectivity index (χ0) is 18.0. The summed E-state index contributed by atoms with van der Waals surface area (Å²) >= 11 is 5.97. The number of aromatic nitrogens is 1. The average molecular weight is 366 g/mol. The van der Waals surface area contributed by atoms with Crippen LogP contribution < -0.4 is 15.5 Å². The van der Waals surface area contributed by atoms with E-state index in [4.69, 9.17) is 11.6 Å². The molecule has 2 aliphatic heterocycles. The van der Waals surface area contributed by atoms with Crippen molar-refractivity contribution in [3.63, 3.8) is 0 Å². The number of carbonyl (C=O) groups is 3. The van der Waals surface area contributed by atoms with E-state index in [1.807, 2.05) is 6.07 Å². The molecule has 1 atom stereocenters. The summed E-state index contributed by atoms with van der Waals surface area (Å²) in [4.78, 5) is 43.4. The summed E-state index contributed by atoms with van der Waals surface area (Å²) in [6.45, 7) is 4.22. The predicted octanol–water partition coefficient (Wildman–Crippen LogP) is 0.762. The maximum atomic E-state index is 12.4. The van der Waals surface area contributed by atoms with Crippen molar-refractivity contribution in [2.75, 3.05) is 31.1 Å². The van der Waals surface area contributed by atoms with Crippen molar-refractivity contribution in [1.82, 2.24) is 20.5 Å². The number of nitrogens with one attached hydrogen (secondary N) is 2. The third-order valence-corrected chi connectivity index (χ3v) is 4.85. The van der Waals surface area contributed by atoms with Gasteiger partial charge in [0.05, 0.1) is 16.9 Å². The molecule has 0 aliphatic carbocycles. The van der Waals surface area contributed by atoms with Crippen molar-refractivity contribution in [2.45, 2.75) is 25.3 Å². The number of hydrogen-bond acceptors (Lipinski definition) is 5. The Morgan fingerprint density at radius 2 is 2.00 bits per heavy atom. The van der Waals surface area contributed by atoms with Crippen LogP contribution in [0.1, 0.15) is 19.8 Å². The SMILES string of the molecule is CC1(CCC(=O)N2CCN(c3cncc(Cl)c3)CC2)NC(=O)NC1=O. The van der Waals surface area contributed by atoms with Crippen molar-refractivity contribution in [3.8, 4) is 0 Å². The molecule has 2 aliphatic rings. The fourth-order valence-electron chi connectivity index (χ4n) is 3.06. The van der Waals surface area contributed by atoms with Crippen molar-refractivity contribution in [3.05, 3.63) is 23.5 Å². The molecule has 0 spiro atoms. The summed E-state index contributed by atoms with van der Waals surface area (Å²) in [6.07, 6.45) is 3.83. The van der Waals surface area contributed by atoms with Gasteiger partial charge in [0.2, 0.25) is 5.91 Å². The Balaban J connectivity index is 1.50. The van der Waals surface area contributed by atoms with Crippen LogP contribution in [-0.4, -0.2) is 59.4 Å². The van der Waals surface area contributed by atoms with E-state index in [0.29, 0.717) is 31.2 Å². The number of rotatable bonds is 4. The molecule has 0 saturated carbocycles. The highest BCUT2D eigenvalue weighted by molar-refractivity contribution is 6.30. The van der Waals surface area contributed by atoms with Crippen molar-refractivity contribution < 1.29 is 14.4 Å². The number of nitrogens with zero attached hydrogens (tertiary/aromatic N) is 3. The average Bonchev–Trinajstić information content (AvgIpc) is 2.85. The summed E-state index contributed by atoms with van der Waals surface area (Å²) in [7, 11) is 0. The molecule has 1 aromatic heterocycles. The van der Waals surface area contributed by atoms with E-state index in [9.17, 15) is 14.4 Å². The number of urea groups is 1. The first-order chi connectivity index (χ1) is 11.9.